The summed E-state index contributed by atoms with van der Waals surface area (Å²) in [6.07, 6.45) is 3.43. The van der Waals surface area contributed by atoms with Gasteiger partial charge in [0, 0.05) is 25.1 Å². The van der Waals surface area contributed by atoms with Crippen LogP contribution < -0.4 is 5.73 Å². The molecule has 0 fully saturated rings. The molecular weight excluding hydrogens is 314 g/mol. The van der Waals surface area contributed by atoms with Crippen LogP contribution in [0.2, 0.25) is 0 Å². The van der Waals surface area contributed by atoms with Crippen molar-refractivity contribution in [1.82, 2.24) is 9.78 Å². The minimum atomic E-state index is -3.70. The van der Waals surface area contributed by atoms with Crippen LogP contribution in [0.3, 0.4) is 0 Å². The third-order valence-electron chi connectivity index (χ3n) is 3.04. The molecule has 0 spiro atoms. The van der Waals surface area contributed by atoms with Gasteiger partial charge < -0.3 is 5.73 Å². The molecule has 0 radical (unpaired) electrons. The first-order valence-electron chi connectivity index (χ1n) is 5.84. The molecule has 0 aliphatic carbocycles. The van der Waals surface area contributed by atoms with Crippen molar-refractivity contribution in [3.05, 3.63) is 24.4 Å². The van der Waals surface area contributed by atoms with Gasteiger partial charge in [-0.2, -0.15) is 5.10 Å². The number of hydrogen-bond donors (Lipinski definition) is 1. The molecule has 0 aliphatic heterocycles. The number of sulfone groups is 2. The first-order chi connectivity index (χ1) is 9.51. The zero-order valence-electron chi connectivity index (χ0n) is 11.7. The lowest BCUT2D eigenvalue weighted by atomic mass is 10.1. The van der Waals surface area contributed by atoms with E-state index in [1.165, 1.54) is 29.1 Å². The summed E-state index contributed by atoms with van der Waals surface area (Å²) < 4.78 is 48.6. The maximum absolute atomic E-state index is 11.9. The summed E-state index contributed by atoms with van der Waals surface area (Å²) in [6.45, 7) is 0. The van der Waals surface area contributed by atoms with Crippen molar-refractivity contribution in [3.8, 4) is 11.1 Å². The monoisotopic (exact) mass is 329 g/mol. The Morgan fingerprint density at radius 2 is 1.62 bits per heavy atom. The largest absolute Gasteiger partial charge is 0.383 e. The maximum Gasteiger partial charge on any atom is 0.176 e. The van der Waals surface area contributed by atoms with Gasteiger partial charge in [0.15, 0.2) is 19.7 Å². The SMILES string of the molecule is Cn1ncc(-c2ccc(S(C)(=O)=O)c(S(C)(=O)=O)c2)c1N. The Hall–Kier alpha value is -1.87. The number of hydrogen-bond acceptors (Lipinski definition) is 6. The van der Waals surface area contributed by atoms with Gasteiger partial charge in [-0.25, -0.2) is 16.8 Å². The lowest BCUT2D eigenvalue weighted by molar-refractivity contribution is 0.589. The fraction of sp³-hybridized carbons (Fsp3) is 0.250. The highest BCUT2D eigenvalue weighted by Crippen LogP contribution is 2.30. The lowest BCUT2D eigenvalue weighted by Crippen LogP contribution is -2.07. The van der Waals surface area contributed by atoms with E-state index < -0.39 is 19.7 Å². The number of anilines is 1. The molecule has 0 atom stereocenters. The minimum Gasteiger partial charge on any atom is -0.383 e. The summed E-state index contributed by atoms with van der Waals surface area (Å²) in [6, 6.07) is 4.09. The van der Waals surface area contributed by atoms with Gasteiger partial charge in [-0.1, -0.05) is 6.07 Å². The number of aryl methyl sites for hydroxylation is 1. The van der Waals surface area contributed by atoms with Gasteiger partial charge in [0.25, 0.3) is 0 Å². The van der Waals surface area contributed by atoms with Crippen LogP contribution in [0.1, 0.15) is 0 Å². The Morgan fingerprint density at radius 1 is 1.05 bits per heavy atom. The van der Waals surface area contributed by atoms with E-state index in [1.807, 2.05) is 0 Å². The predicted octanol–water partition coefficient (Wildman–Crippen LogP) is 0.476. The van der Waals surface area contributed by atoms with Gasteiger partial charge in [0.05, 0.1) is 16.0 Å². The second-order valence-electron chi connectivity index (χ2n) is 4.77. The molecule has 0 bridgehead atoms. The highest BCUT2D eigenvalue weighted by Gasteiger charge is 2.22. The van der Waals surface area contributed by atoms with Gasteiger partial charge >= 0.3 is 0 Å². The van der Waals surface area contributed by atoms with E-state index in [1.54, 1.807) is 7.05 Å². The normalized spacial score (nSPS) is 12.5. The van der Waals surface area contributed by atoms with Crippen LogP contribution in [-0.2, 0) is 26.7 Å². The lowest BCUT2D eigenvalue weighted by Gasteiger charge is -2.09. The molecule has 1 aromatic heterocycles. The standard InChI is InChI=1S/C12H15N3O4S2/c1-15-12(13)9(7-14-15)8-4-5-10(20(2,16)17)11(6-8)21(3,18)19/h4-7H,13H2,1-3H3. The van der Waals surface area contributed by atoms with Crippen LogP contribution in [0, 0.1) is 0 Å². The van der Waals surface area contributed by atoms with E-state index in [0.29, 0.717) is 16.9 Å². The number of nitrogens with two attached hydrogens (primary N) is 1. The van der Waals surface area contributed by atoms with Crippen molar-refractivity contribution in [3.63, 3.8) is 0 Å². The number of nitrogen functional groups attached to an aromatic ring is 1. The molecule has 9 heteroatoms. The molecule has 2 rings (SSSR count). The van der Waals surface area contributed by atoms with Crippen molar-refractivity contribution in [1.29, 1.82) is 0 Å². The average Bonchev–Trinajstić information content (AvgIpc) is 2.67. The van der Waals surface area contributed by atoms with E-state index in [4.69, 9.17) is 5.73 Å². The van der Waals surface area contributed by atoms with Crippen LogP contribution in [0.4, 0.5) is 5.82 Å². The average molecular weight is 329 g/mol. The quantitative estimate of drug-likeness (QED) is 0.876. The molecule has 0 saturated heterocycles. The zero-order chi connectivity index (χ0) is 16.0. The molecule has 1 aromatic carbocycles. The van der Waals surface area contributed by atoms with E-state index in [0.717, 1.165) is 12.5 Å². The van der Waals surface area contributed by atoms with Crippen molar-refractivity contribution >= 4 is 25.5 Å². The zero-order valence-corrected chi connectivity index (χ0v) is 13.4. The molecular formula is C12H15N3O4S2. The van der Waals surface area contributed by atoms with Crippen LogP contribution >= 0.6 is 0 Å². The Bertz CT molecular complexity index is 912. The fourth-order valence-electron chi connectivity index (χ4n) is 1.94. The number of benzene rings is 1. The van der Waals surface area contributed by atoms with Gasteiger partial charge in [0.2, 0.25) is 0 Å². The smallest absolute Gasteiger partial charge is 0.176 e. The molecule has 0 saturated carbocycles. The van der Waals surface area contributed by atoms with Crippen LogP contribution in [0.25, 0.3) is 11.1 Å². The van der Waals surface area contributed by atoms with Crippen LogP contribution in [0.5, 0.6) is 0 Å². The summed E-state index contributed by atoms with van der Waals surface area (Å²) >= 11 is 0. The van der Waals surface area contributed by atoms with E-state index in [9.17, 15) is 16.8 Å². The third-order valence-corrected chi connectivity index (χ3v) is 5.46. The molecule has 114 valence electrons. The van der Waals surface area contributed by atoms with E-state index in [-0.39, 0.29) is 9.79 Å². The Morgan fingerprint density at radius 3 is 2.05 bits per heavy atom. The molecule has 0 aliphatic rings. The van der Waals surface area contributed by atoms with Crippen molar-refractivity contribution < 1.29 is 16.8 Å². The van der Waals surface area contributed by atoms with E-state index >= 15 is 0 Å². The first kappa shape index (κ1) is 15.5. The highest BCUT2D eigenvalue weighted by molar-refractivity contribution is 7.93. The second kappa shape index (κ2) is 4.85. The van der Waals surface area contributed by atoms with Crippen molar-refractivity contribution in [2.24, 2.45) is 7.05 Å². The number of nitrogens with zero attached hydrogens (tertiary/aromatic N) is 2. The van der Waals surface area contributed by atoms with Gasteiger partial charge in [-0.05, 0) is 17.7 Å². The maximum atomic E-state index is 11.9. The molecule has 0 amide bonds. The van der Waals surface area contributed by atoms with Gasteiger partial charge in [-0.3, -0.25) is 4.68 Å². The Labute approximate surface area is 123 Å². The van der Waals surface area contributed by atoms with Crippen molar-refractivity contribution in [2.45, 2.75) is 9.79 Å². The molecule has 2 N–H and O–H groups in total. The number of aromatic nitrogens is 2. The summed E-state index contributed by atoms with van der Waals surface area (Å²) in [7, 11) is -5.70. The topological polar surface area (TPSA) is 112 Å². The first-order valence-corrected chi connectivity index (χ1v) is 9.62. The molecule has 7 nitrogen and oxygen atoms in total. The Balaban J connectivity index is 2.78. The Kier molecular flexibility index (Phi) is 3.58. The van der Waals surface area contributed by atoms with Crippen molar-refractivity contribution in [2.75, 3.05) is 18.2 Å². The minimum absolute atomic E-state index is 0.226. The van der Waals surface area contributed by atoms with Crippen LogP contribution in [0.15, 0.2) is 34.2 Å². The second-order valence-corrected chi connectivity index (χ2v) is 8.74. The third kappa shape index (κ3) is 2.93. The molecule has 2 aromatic rings. The number of rotatable bonds is 3. The molecule has 21 heavy (non-hydrogen) atoms. The molecule has 0 unspecified atom stereocenters. The van der Waals surface area contributed by atoms with Crippen LogP contribution in [-0.4, -0.2) is 39.1 Å². The fourth-order valence-corrected chi connectivity index (χ4v) is 4.36. The summed E-state index contributed by atoms with van der Waals surface area (Å²) in [4.78, 5) is -0.470. The molecule has 1 heterocycles. The summed E-state index contributed by atoms with van der Waals surface area (Å²) in [5, 5.41) is 3.98. The summed E-state index contributed by atoms with van der Waals surface area (Å²) in [5.41, 5.74) is 6.89. The summed E-state index contributed by atoms with van der Waals surface area (Å²) in [5.74, 6) is 0.363. The predicted molar refractivity (Wildman–Crippen MR) is 79.3 cm³/mol. The highest BCUT2D eigenvalue weighted by atomic mass is 32.2. The van der Waals surface area contributed by atoms with E-state index in [2.05, 4.69) is 5.10 Å². The van der Waals surface area contributed by atoms with Gasteiger partial charge in [0.1, 0.15) is 5.82 Å². The van der Waals surface area contributed by atoms with Gasteiger partial charge in [-0.15, -0.1) is 0 Å².